The van der Waals surface area contributed by atoms with Crippen molar-refractivity contribution in [3.8, 4) is 0 Å². The summed E-state index contributed by atoms with van der Waals surface area (Å²) < 4.78 is 40.6. The van der Waals surface area contributed by atoms with Crippen LogP contribution in [0.2, 0.25) is 6.32 Å². The van der Waals surface area contributed by atoms with Gasteiger partial charge in [-0.25, -0.2) is 0 Å². The van der Waals surface area contributed by atoms with Crippen molar-refractivity contribution < 1.29 is 17.7 Å². The first-order chi connectivity index (χ1) is 7.58. The van der Waals surface area contributed by atoms with E-state index in [4.69, 9.17) is 4.74 Å². The van der Waals surface area contributed by atoms with Gasteiger partial charge in [-0.15, -0.1) is 6.08 Å². The lowest BCUT2D eigenvalue weighted by atomic mass is 9.86. The number of halogens is 3. The average Bonchev–Trinajstić information content (AvgIpc) is 2.23. The van der Waals surface area contributed by atoms with Crippen LogP contribution in [0.4, 0.5) is 12.9 Å². The molecule has 0 N–H and O–H groups in total. The molecule has 0 unspecified atom stereocenters. The molecule has 0 aliphatic heterocycles. The Balaban J connectivity index is 2.13. The second-order valence-corrected chi connectivity index (χ2v) is 3.42. The van der Waals surface area contributed by atoms with Crippen LogP contribution in [-0.2, 0) is 11.3 Å². The lowest BCUT2D eigenvalue weighted by Crippen LogP contribution is -2.11. The molecule has 1 rings (SSSR count). The Morgan fingerprint density at radius 2 is 1.75 bits per heavy atom. The number of ether oxygens (including phenoxy) is 1. The normalized spacial score (nSPS) is 12.2. The molecule has 1 aromatic carbocycles. The summed E-state index contributed by atoms with van der Waals surface area (Å²) in [5.74, 6) is 0. The van der Waals surface area contributed by atoms with Crippen molar-refractivity contribution in [2.45, 2.75) is 12.9 Å². The molecule has 88 valence electrons. The SMILES string of the molecule is F[B-](F)(F)C/C=C/COCc1ccccc1. The van der Waals surface area contributed by atoms with Gasteiger partial charge in [0.1, 0.15) is 0 Å². The minimum absolute atomic E-state index is 0.209. The highest BCUT2D eigenvalue weighted by Gasteiger charge is 2.19. The Morgan fingerprint density at radius 3 is 2.38 bits per heavy atom. The Morgan fingerprint density at radius 1 is 1.06 bits per heavy atom. The maximum absolute atomic E-state index is 11.8. The van der Waals surface area contributed by atoms with Crippen molar-refractivity contribution in [2.75, 3.05) is 6.61 Å². The third-order valence-corrected chi connectivity index (χ3v) is 1.90. The molecule has 0 bridgehead atoms. The summed E-state index contributed by atoms with van der Waals surface area (Å²) in [6.07, 6.45) is 1.66. The van der Waals surface area contributed by atoms with E-state index in [0.29, 0.717) is 6.61 Å². The highest BCUT2D eigenvalue weighted by molar-refractivity contribution is 6.58. The third kappa shape index (κ3) is 6.29. The Bertz CT molecular complexity index is 322. The molecule has 0 aliphatic carbocycles. The van der Waals surface area contributed by atoms with Crippen molar-refractivity contribution >= 4 is 6.98 Å². The Hall–Kier alpha value is -1.23. The number of hydrogen-bond acceptors (Lipinski definition) is 1. The van der Waals surface area contributed by atoms with Crippen molar-refractivity contribution in [1.29, 1.82) is 0 Å². The van der Waals surface area contributed by atoms with E-state index in [1.54, 1.807) is 0 Å². The van der Waals surface area contributed by atoms with E-state index in [0.717, 1.165) is 11.6 Å². The summed E-state index contributed by atoms with van der Waals surface area (Å²) in [6.45, 7) is -4.08. The van der Waals surface area contributed by atoms with Gasteiger partial charge in [0.05, 0.1) is 13.2 Å². The monoisotopic (exact) mass is 229 g/mol. The first kappa shape index (κ1) is 12.8. The molecule has 0 saturated heterocycles. The van der Waals surface area contributed by atoms with Gasteiger partial charge in [0, 0.05) is 0 Å². The summed E-state index contributed by atoms with van der Waals surface area (Å²) >= 11 is 0. The van der Waals surface area contributed by atoms with Crippen molar-refractivity contribution in [2.24, 2.45) is 0 Å². The van der Waals surface area contributed by atoms with Crippen LogP contribution in [0.5, 0.6) is 0 Å². The van der Waals surface area contributed by atoms with Gasteiger partial charge in [-0.05, 0) is 5.56 Å². The van der Waals surface area contributed by atoms with E-state index in [-0.39, 0.29) is 6.61 Å². The summed E-state index contributed by atoms with van der Waals surface area (Å²) in [4.78, 5) is 0. The first-order valence-electron chi connectivity index (χ1n) is 5.05. The molecular weight excluding hydrogens is 216 g/mol. The van der Waals surface area contributed by atoms with Gasteiger partial charge in [0.15, 0.2) is 0 Å². The summed E-state index contributed by atoms with van der Waals surface area (Å²) in [6, 6.07) is 9.49. The molecule has 0 fully saturated rings. The number of benzene rings is 1. The molecule has 0 saturated carbocycles. The van der Waals surface area contributed by atoms with Crippen LogP contribution in [0.1, 0.15) is 5.56 Å². The largest absolute Gasteiger partial charge is 0.482 e. The van der Waals surface area contributed by atoms with Crippen LogP contribution >= 0.6 is 0 Å². The van der Waals surface area contributed by atoms with Gasteiger partial charge < -0.3 is 17.7 Å². The molecule has 0 radical (unpaired) electrons. The van der Waals surface area contributed by atoms with Crippen LogP contribution in [-0.4, -0.2) is 13.6 Å². The number of rotatable bonds is 6. The second-order valence-electron chi connectivity index (χ2n) is 3.42. The quantitative estimate of drug-likeness (QED) is 0.411. The lowest BCUT2D eigenvalue weighted by Gasteiger charge is -2.08. The third-order valence-electron chi connectivity index (χ3n) is 1.90. The second kappa shape index (κ2) is 6.38. The fraction of sp³-hybridized carbons (Fsp3) is 0.273. The van der Waals surface area contributed by atoms with E-state index < -0.39 is 13.3 Å². The highest BCUT2D eigenvalue weighted by Crippen LogP contribution is 2.14. The molecule has 0 atom stereocenters. The van der Waals surface area contributed by atoms with Crippen LogP contribution < -0.4 is 0 Å². The predicted octanol–water partition coefficient (Wildman–Crippen LogP) is 3.61. The predicted molar refractivity (Wildman–Crippen MR) is 59.1 cm³/mol. The van der Waals surface area contributed by atoms with Crippen LogP contribution in [0.15, 0.2) is 42.5 Å². The molecule has 0 heterocycles. The summed E-state index contributed by atoms with van der Waals surface area (Å²) in [7, 11) is 0. The highest BCUT2D eigenvalue weighted by atomic mass is 19.4. The summed E-state index contributed by atoms with van der Waals surface area (Å²) in [5, 5.41) is 0. The van der Waals surface area contributed by atoms with Crippen LogP contribution in [0.25, 0.3) is 0 Å². The Kier molecular flexibility index (Phi) is 5.12. The van der Waals surface area contributed by atoms with Gasteiger partial charge in [-0.1, -0.05) is 42.7 Å². The van der Waals surface area contributed by atoms with Crippen molar-refractivity contribution in [1.82, 2.24) is 0 Å². The smallest absolute Gasteiger partial charge is 0.449 e. The first-order valence-corrected chi connectivity index (χ1v) is 5.05. The fourth-order valence-electron chi connectivity index (χ4n) is 1.14. The zero-order valence-corrected chi connectivity index (χ0v) is 8.78. The molecule has 5 heteroatoms. The van der Waals surface area contributed by atoms with Crippen LogP contribution in [0, 0.1) is 0 Å². The Labute approximate surface area is 93.0 Å². The van der Waals surface area contributed by atoms with Gasteiger partial charge in [0.2, 0.25) is 0 Å². The summed E-state index contributed by atoms with van der Waals surface area (Å²) in [5.41, 5.74) is 1.01. The van der Waals surface area contributed by atoms with E-state index in [1.165, 1.54) is 6.08 Å². The standard InChI is InChI=1S/C11H13BF3O/c13-12(14,15)8-4-5-9-16-10-11-6-2-1-3-7-11/h1-7H,8-10H2/q-1/b5-4+. The molecule has 1 aromatic rings. The molecular formula is C11H13BF3O-. The zero-order chi connectivity index (χ0) is 11.9. The topological polar surface area (TPSA) is 9.23 Å². The zero-order valence-electron chi connectivity index (χ0n) is 8.78. The maximum atomic E-state index is 11.8. The number of hydrogen-bond donors (Lipinski definition) is 0. The average molecular weight is 229 g/mol. The van der Waals surface area contributed by atoms with Crippen LogP contribution in [0.3, 0.4) is 0 Å². The lowest BCUT2D eigenvalue weighted by molar-refractivity contribution is 0.148. The molecule has 1 nitrogen and oxygen atoms in total. The molecule has 0 aliphatic rings. The number of allylic oxidation sites excluding steroid dienone is 1. The van der Waals surface area contributed by atoms with Gasteiger partial charge in [-0.2, -0.15) is 0 Å². The van der Waals surface area contributed by atoms with Crippen molar-refractivity contribution in [3.63, 3.8) is 0 Å². The van der Waals surface area contributed by atoms with Crippen molar-refractivity contribution in [3.05, 3.63) is 48.0 Å². The van der Waals surface area contributed by atoms with Gasteiger partial charge in [0.25, 0.3) is 0 Å². The molecule has 0 spiro atoms. The van der Waals surface area contributed by atoms with E-state index >= 15 is 0 Å². The van der Waals surface area contributed by atoms with Gasteiger partial charge >= 0.3 is 6.98 Å². The molecule has 0 amide bonds. The van der Waals surface area contributed by atoms with E-state index in [9.17, 15) is 12.9 Å². The van der Waals surface area contributed by atoms with E-state index in [2.05, 4.69) is 0 Å². The molecule has 16 heavy (non-hydrogen) atoms. The minimum Gasteiger partial charge on any atom is -0.449 e. The minimum atomic E-state index is -4.71. The molecule has 0 aromatic heterocycles. The van der Waals surface area contributed by atoms with Gasteiger partial charge in [-0.3, -0.25) is 0 Å². The maximum Gasteiger partial charge on any atom is 0.482 e. The fourth-order valence-corrected chi connectivity index (χ4v) is 1.14. The van der Waals surface area contributed by atoms with E-state index in [1.807, 2.05) is 30.3 Å².